The van der Waals surface area contributed by atoms with Gasteiger partial charge in [-0.15, -0.1) is 5.10 Å². The summed E-state index contributed by atoms with van der Waals surface area (Å²) in [5.41, 5.74) is 1.22. The van der Waals surface area contributed by atoms with Crippen molar-refractivity contribution in [1.82, 2.24) is 20.2 Å². The fraction of sp³-hybridized carbons (Fsp3) is 0.222. The molecule has 0 bridgehead atoms. The number of aromatic nitrogens is 4. The predicted octanol–water partition coefficient (Wildman–Crippen LogP) is 2.19. The Labute approximate surface area is 88.6 Å². The van der Waals surface area contributed by atoms with Gasteiger partial charge in [0.05, 0.1) is 0 Å². The van der Waals surface area contributed by atoms with E-state index in [2.05, 4.69) is 20.2 Å². The number of rotatable bonds is 1. The molecule has 84 valence electrons. The maximum atomic E-state index is 12.2. The third-order valence-electron chi connectivity index (χ3n) is 1.90. The lowest BCUT2D eigenvalue weighted by Gasteiger charge is -1.98. The lowest BCUT2D eigenvalue weighted by molar-refractivity contribution is -0.144. The van der Waals surface area contributed by atoms with Crippen LogP contribution in [0.1, 0.15) is 11.4 Å². The predicted molar refractivity (Wildman–Crippen MR) is 49.4 cm³/mol. The lowest BCUT2D eigenvalue weighted by atomic mass is 10.2. The second-order valence-electron chi connectivity index (χ2n) is 3.22. The van der Waals surface area contributed by atoms with Gasteiger partial charge in [-0.25, -0.2) is 4.98 Å². The fourth-order valence-corrected chi connectivity index (χ4v) is 1.17. The van der Waals surface area contributed by atoms with Crippen LogP contribution in [0.2, 0.25) is 0 Å². The Bertz CT molecular complexity index is 503. The Morgan fingerprint density at radius 2 is 2.06 bits per heavy atom. The minimum absolute atomic E-state index is 0.0102. The maximum absolute atomic E-state index is 12.2. The van der Waals surface area contributed by atoms with Gasteiger partial charge in [0.15, 0.2) is 5.82 Å². The van der Waals surface area contributed by atoms with E-state index in [4.69, 9.17) is 0 Å². The van der Waals surface area contributed by atoms with Gasteiger partial charge in [-0.2, -0.15) is 13.2 Å². The van der Waals surface area contributed by atoms with Gasteiger partial charge < -0.3 is 0 Å². The van der Waals surface area contributed by atoms with Crippen LogP contribution in [0.3, 0.4) is 0 Å². The number of H-pyrrole nitrogens is 1. The molecule has 0 atom stereocenters. The molecule has 0 aliphatic rings. The molecule has 0 spiro atoms. The summed E-state index contributed by atoms with van der Waals surface area (Å²) < 4.78 is 36.7. The SMILES string of the molecule is Cc1ccnc(-c2nc(C(F)(F)F)n[nH]2)c1. The highest BCUT2D eigenvalue weighted by Gasteiger charge is 2.36. The summed E-state index contributed by atoms with van der Waals surface area (Å²) in [6.45, 7) is 1.81. The number of halogens is 3. The number of nitrogens with zero attached hydrogens (tertiary/aromatic N) is 3. The smallest absolute Gasteiger partial charge is 0.257 e. The van der Waals surface area contributed by atoms with E-state index in [0.717, 1.165) is 5.56 Å². The first-order chi connectivity index (χ1) is 7.47. The molecule has 0 amide bonds. The third-order valence-corrected chi connectivity index (χ3v) is 1.90. The van der Waals surface area contributed by atoms with E-state index in [1.54, 1.807) is 12.1 Å². The molecular formula is C9H7F3N4. The van der Waals surface area contributed by atoms with Crippen molar-refractivity contribution in [2.45, 2.75) is 13.1 Å². The maximum Gasteiger partial charge on any atom is 0.453 e. The fourth-order valence-electron chi connectivity index (χ4n) is 1.17. The van der Waals surface area contributed by atoms with Gasteiger partial charge in [0, 0.05) is 6.20 Å². The topological polar surface area (TPSA) is 54.5 Å². The summed E-state index contributed by atoms with van der Waals surface area (Å²) in [5, 5.41) is 5.30. The van der Waals surface area contributed by atoms with Crippen LogP contribution in [0.15, 0.2) is 18.3 Å². The lowest BCUT2D eigenvalue weighted by Crippen LogP contribution is -2.07. The van der Waals surface area contributed by atoms with Gasteiger partial charge >= 0.3 is 6.18 Å². The van der Waals surface area contributed by atoms with Gasteiger partial charge in [-0.1, -0.05) is 0 Å². The zero-order valence-corrected chi connectivity index (χ0v) is 8.21. The van der Waals surface area contributed by atoms with E-state index in [1.165, 1.54) is 6.20 Å². The van der Waals surface area contributed by atoms with Crippen LogP contribution in [0.4, 0.5) is 13.2 Å². The van der Waals surface area contributed by atoms with Crippen LogP contribution in [-0.2, 0) is 6.18 Å². The number of hydrogen-bond donors (Lipinski definition) is 1. The van der Waals surface area contributed by atoms with Crippen LogP contribution >= 0.6 is 0 Å². The molecular weight excluding hydrogens is 221 g/mol. The minimum Gasteiger partial charge on any atom is -0.257 e. The van der Waals surface area contributed by atoms with Gasteiger partial charge in [-0.05, 0) is 24.6 Å². The summed E-state index contributed by atoms with van der Waals surface area (Å²) in [6.07, 6.45) is -3.04. The van der Waals surface area contributed by atoms with Crippen LogP contribution in [-0.4, -0.2) is 20.2 Å². The van der Waals surface area contributed by atoms with E-state index in [-0.39, 0.29) is 5.82 Å². The highest BCUT2D eigenvalue weighted by Crippen LogP contribution is 2.27. The Morgan fingerprint density at radius 1 is 1.31 bits per heavy atom. The number of alkyl halides is 3. The van der Waals surface area contributed by atoms with Crippen molar-refractivity contribution < 1.29 is 13.2 Å². The molecule has 16 heavy (non-hydrogen) atoms. The van der Waals surface area contributed by atoms with Crippen molar-refractivity contribution in [2.75, 3.05) is 0 Å². The molecule has 0 unspecified atom stereocenters. The van der Waals surface area contributed by atoms with Gasteiger partial charge in [0.1, 0.15) is 5.69 Å². The van der Waals surface area contributed by atoms with E-state index in [1.807, 2.05) is 6.92 Å². The Balaban J connectivity index is 2.39. The number of hydrogen-bond acceptors (Lipinski definition) is 3. The molecule has 2 rings (SSSR count). The van der Waals surface area contributed by atoms with E-state index in [9.17, 15) is 13.2 Å². The summed E-state index contributed by atoms with van der Waals surface area (Å²) in [4.78, 5) is 7.24. The van der Waals surface area contributed by atoms with Crippen LogP contribution in [0, 0.1) is 6.92 Å². The minimum atomic E-state index is -4.54. The molecule has 2 aromatic heterocycles. The third kappa shape index (κ3) is 2.02. The average molecular weight is 228 g/mol. The first kappa shape index (κ1) is 10.6. The molecule has 0 fully saturated rings. The van der Waals surface area contributed by atoms with Crippen molar-refractivity contribution in [2.24, 2.45) is 0 Å². The van der Waals surface area contributed by atoms with Crippen molar-refractivity contribution in [3.8, 4) is 11.5 Å². The second kappa shape index (κ2) is 3.58. The monoisotopic (exact) mass is 228 g/mol. The van der Waals surface area contributed by atoms with Gasteiger partial charge in [0.2, 0.25) is 0 Å². The zero-order valence-electron chi connectivity index (χ0n) is 8.21. The quantitative estimate of drug-likeness (QED) is 0.813. The number of pyridine rings is 1. The summed E-state index contributed by atoms with van der Waals surface area (Å²) in [7, 11) is 0. The molecule has 0 aliphatic heterocycles. The summed E-state index contributed by atoms with van der Waals surface area (Å²) in [5.74, 6) is -1.18. The molecule has 0 radical (unpaired) electrons. The Hall–Kier alpha value is -1.92. The molecule has 0 saturated carbocycles. The van der Waals surface area contributed by atoms with Crippen LogP contribution in [0.25, 0.3) is 11.5 Å². The van der Waals surface area contributed by atoms with Gasteiger partial charge in [-0.3, -0.25) is 10.1 Å². The molecule has 0 aromatic carbocycles. The molecule has 0 aliphatic carbocycles. The first-order valence-electron chi connectivity index (χ1n) is 4.39. The molecule has 7 heteroatoms. The van der Waals surface area contributed by atoms with Crippen molar-refractivity contribution in [3.63, 3.8) is 0 Å². The van der Waals surface area contributed by atoms with Gasteiger partial charge in [0.25, 0.3) is 5.82 Å². The van der Waals surface area contributed by atoms with Crippen LogP contribution < -0.4 is 0 Å². The number of aromatic amines is 1. The van der Waals surface area contributed by atoms with Crippen molar-refractivity contribution >= 4 is 0 Å². The standard InChI is InChI=1S/C9H7F3N4/c1-5-2-3-13-6(4-5)7-14-8(16-15-7)9(10,11)12/h2-4H,1H3,(H,14,15,16). The molecule has 2 heterocycles. The summed E-state index contributed by atoms with van der Waals surface area (Å²) >= 11 is 0. The molecule has 0 saturated heterocycles. The van der Waals surface area contributed by atoms with Crippen molar-refractivity contribution in [1.29, 1.82) is 0 Å². The first-order valence-corrected chi connectivity index (χ1v) is 4.39. The molecule has 4 nitrogen and oxygen atoms in total. The van der Waals surface area contributed by atoms with E-state index < -0.39 is 12.0 Å². The van der Waals surface area contributed by atoms with E-state index in [0.29, 0.717) is 5.69 Å². The Kier molecular flexibility index (Phi) is 2.37. The molecule has 2 aromatic rings. The largest absolute Gasteiger partial charge is 0.453 e. The number of aryl methyl sites for hydroxylation is 1. The normalized spacial score (nSPS) is 11.8. The number of nitrogens with one attached hydrogen (secondary N) is 1. The highest BCUT2D eigenvalue weighted by molar-refractivity contribution is 5.49. The average Bonchev–Trinajstić information content (AvgIpc) is 2.65. The highest BCUT2D eigenvalue weighted by atomic mass is 19.4. The second-order valence-corrected chi connectivity index (χ2v) is 3.22. The zero-order chi connectivity index (χ0) is 11.8. The van der Waals surface area contributed by atoms with Crippen LogP contribution in [0.5, 0.6) is 0 Å². The summed E-state index contributed by atoms with van der Waals surface area (Å²) in [6, 6.07) is 3.37. The van der Waals surface area contributed by atoms with E-state index >= 15 is 0 Å². The molecule has 1 N–H and O–H groups in total. The van der Waals surface area contributed by atoms with Crippen molar-refractivity contribution in [3.05, 3.63) is 29.7 Å². The Morgan fingerprint density at radius 3 is 2.62 bits per heavy atom.